The van der Waals surface area contributed by atoms with E-state index >= 15 is 0 Å². The van der Waals surface area contributed by atoms with E-state index in [0.29, 0.717) is 42.5 Å². The third-order valence-corrected chi connectivity index (χ3v) is 11.0. The second kappa shape index (κ2) is 13.6. The summed E-state index contributed by atoms with van der Waals surface area (Å²) in [6, 6.07) is 24.4. The van der Waals surface area contributed by atoms with E-state index in [0.717, 1.165) is 88.3 Å². The van der Waals surface area contributed by atoms with Crippen LogP contribution in [-0.4, -0.2) is 34.9 Å². The molecular formula is C45H34F4N4O2. The molecule has 6 nitrogen and oxygen atoms in total. The van der Waals surface area contributed by atoms with Crippen molar-refractivity contribution < 1.29 is 27.2 Å². The second-order valence-electron chi connectivity index (χ2n) is 14.4. The quantitative estimate of drug-likeness (QED) is 0.169. The Labute approximate surface area is 315 Å². The summed E-state index contributed by atoms with van der Waals surface area (Å²) >= 11 is 0. The zero-order chi connectivity index (χ0) is 37.8. The highest BCUT2D eigenvalue weighted by Gasteiger charge is 2.33. The van der Waals surface area contributed by atoms with E-state index in [4.69, 9.17) is 0 Å². The van der Waals surface area contributed by atoms with Gasteiger partial charge < -0.3 is 9.80 Å². The maximum atomic E-state index is 14.1. The molecule has 4 aliphatic rings. The number of carbonyl (C=O) groups is 2. The molecule has 10 heteroatoms. The number of alkyl halides is 3. The molecule has 2 aromatic heterocycles. The highest BCUT2D eigenvalue weighted by Crippen LogP contribution is 2.42. The number of anilines is 2. The molecule has 0 radical (unpaired) electrons. The Morgan fingerprint density at radius 1 is 0.491 bits per heavy atom. The Bertz CT molecular complexity index is 2530. The summed E-state index contributed by atoms with van der Waals surface area (Å²) in [6.45, 7) is 1.49. The summed E-state index contributed by atoms with van der Waals surface area (Å²) in [6.07, 6.45) is 6.74. The topological polar surface area (TPSA) is 66.4 Å². The number of hydrogen-bond acceptors (Lipinski definition) is 4. The third kappa shape index (κ3) is 6.45. The van der Waals surface area contributed by atoms with E-state index in [-0.39, 0.29) is 17.6 Å². The summed E-state index contributed by atoms with van der Waals surface area (Å²) in [4.78, 5) is 36.6. The van der Waals surface area contributed by atoms with Crippen molar-refractivity contribution in [1.82, 2.24) is 9.97 Å². The smallest absolute Gasteiger partial charge is 0.312 e. The molecule has 0 aliphatic carbocycles. The van der Waals surface area contributed by atoms with Crippen LogP contribution in [0.25, 0.3) is 44.5 Å². The average Bonchev–Trinajstić information content (AvgIpc) is 3.85. The molecule has 0 N–H and O–H groups in total. The fraction of sp³-hybridized carbons (Fsp3) is 0.200. The Balaban J connectivity index is 0.000000145. The third-order valence-electron chi connectivity index (χ3n) is 11.0. The lowest BCUT2D eigenvalue weighted by atomic mass is 9.93. The van der Waals surface area contributed by atoms with Gasteiger partial charge in [-0.15, -0.1) is 0 Å². The van der Waals surface area contributed by atoms with Crippen molar-refractivity contribution in [3.8, 4) is 44.5 Å². The van der Waals surface area contributed by atoms with Crippen molar-refractivity contribution in [2.45, 2.75) is 44.7 Å². The van der Waals surface area contributed by atoms with Crippen LogP contribution < -0.4 is 9.80 Å². The number of aryl methyl sites for hydroxylation is 2. The van der Waals surface area contributed by atoms with Gasteiger partial charge >= 0.3 is 6.18 Å². The normalized spacial score (nSPS) is 15.4. The maximum Gasteiger partial charge on any atom is 0.416 e. The molecular weight excluding hydrogens is 705 g/mol. The van der Waals surface area contributed by atoms with E-state index in [1.807, 2.05) is 34.2 Å². The van der Waals surface area contributed by atoms with Gasteiger partial charge in [0.15, 0.2) is 0 Å². The number of halogens is 4. The summed E-state index contributed by atoms with van der Waals surface area (Å²) in [5.41, 5.74) is 12.6. The van der Waals surface area contributed by atoms with Crippen molar-refractivity contribution in [1.29, 1.82) is 0 Å². The zero-order valence-electron chi connectivity index (χ0n) is 29.7. The standard InChI is InChI=1S/C23H17F3N2O.C22H17FN2O/c24-23(25,26)20-3-1-2-14(11-20)18-10-19(13-27-12-18)17-8-15-4-5-21(29)28-7-6-16(9-17)22(15)28;23-20-4-2-1-3-19(20)18-11-17(12-24-13-18)16-9-14-5-6-21(26)25-8-7-15(10-16)22(14)25/h1-3,8-13H,4-7H2;1-4,9-13H,5-8H2. The maximum absolute atomic E-state index is 14.1. The number of nitrogens with zero attached hydrogens (tertiary/aromatic N) is 4. The van der Waals surface area contributed by atoms with E-state index < -0.39 is 11.7 Å². The number of hydrogen-bond donors (Lipinski definition) is 0. The number of pyridine rings is 2. The minimum Gasteiger partial charge on any atom is -0.312 e. The second-order valence-corrected chi connectivity index (χ2v) is 14.4. The van der Waals surface area contributed by atoms with Gasteiger partial charge in [-0.2, -0.15) is 13.2 Å². The van der Waals surface area contributed by atoms with Crippen molar-refractivity contribution >= 4 is 23.2 Å². The minimum absolute atomic E-state index is 0.178. The fourth-order valence-corrected chi connectivity index (χ4v) is 8.32. The molecule has 274 valence electrons. The molecule has 10 rings (SSSR count). The van der Waals surface area contributed by atoms with Gasteiger partial charge in [0.1, 0.15) is 5.82 Å². The average molecular weight is 739 g/mol. The molecule has 2 amide bonds. The van der Waals surface area contributed by atoms with Gasteiger partial charge in [-0.25, -0.2) is 4.39 Å². The SMILES string of the molecule is O=C1CCc2cc(-c3cncc(-c4cccc(C(F)(F)F)c4)c3)cc3c2N1CC3.O=C1CCc2cc(-c3cncc(-c4ccccc4F)c3)cc3c2N1CC3. The number of rotatable bonds is 4. The Morgan fingerprint density at radius 3 is 1.53 bits per heavy atom. The first-order valence-electron chi connectivity index (χ1n) is 18.4. The lowest BCUT2D eigenvalue weighted by molar-refractivity contribution is -0.137. The van der Waals surface area contributed by atoms with Crippen LogP contribution in [0.5, 0.6) is 0 Å². The molecule has 4 aromatic carbocycles. The molecule has 6 aromatic rings. The molecule has 0 bridgehead atoms. The van der Waals surface area contributed by atoms with Crippen LogP contribution in [0.3, 0.4) is 0 Å². The summed E-state index contributed by atoms with van der Waals surface area (Å²) in [5, 5.41) is 0. The molecule has 0 saturated carbocycles. The van der Waals surface area contributed by atoms with Crippen LogP contribution in [-0.2, 0) is 41.4 Å². The molecule has 0 unspecified atom stereocenters. The van der Waals surface area contributed by atoms with Crippen molar-refractivity contribution in [2.24, 2.45) is 0 Å². The van der Waals surface area contributed by atoms with Gasteiger partial charge in [0, 0.05) is 78.5 Å². The van der Waals surface area contributed by atoms with Crippen LogP contribution in [0.15, 0.2) is 110 Å². The Kier molecular flexibility index (Phi) is 8.56. The molecule has 0 spiro atoms. The summed E-state index contributed by atoms with van der Waals surface area (Å²) in [7, 11) is 0. The van der Waals surface area contributed by atoms with E-state index in [1.54, 1.807) is 36.8 Å². The van der Waals surface area contributed by atoms with Crippen molar-refractivity contribution in [3.05, 3.63) is 143 Å². The van der Waals surface area contributed by atoms with Crippen LogP contribution in [0, 0.1) is 5.82 Å². The van der Waals surface area contributed by atoms with Gasteiger partial charge in [0.05, 0.1) is 16.9 Å². The largest absolute Gasteiger partial charge is 0.416 e. The van der Waals surface area contributed by atoms with Crippen LogP contribution in [0.2, 0.25) is 0 Å². The lowest BCUT2D eigenvalue weighted by Crippen LogP contribution is -2.32. The molecule has 6 heterocycles. The number of carbonyl (C=O) groups excluding carboxylic acids is 2. The van der Waals surface area contributed by atoms with Gasteiger partial charge in [-0.3, -0.25) is 19.6 Å². The van der Waals surface area contributed by atoms with Crippen molar-refractivity contribution in [2.75, 3.05) is 22.9 Å². The van der Waals surface area contributed by atoms with Crippen LogP contribution in [0.1, 0.15) is 40.7 Å². The Morgan fingerprint density at radius 2 is 0.982 bits per heavy atom. The van der Waals surface area contributed by atoms with Gasteiger partial charge in [-0.1, -0.05) is 30.3 Å². The van der Waals surface area contributed by atoms with Crippen LogP contribution in [0.4, 0.5) is 28.9 Å². The lowest BCUT2D eigenvalue weighted by Gasteiger charge is -2.25. The van der Waals surface area contributed by atoms with E-state index in [9.17, 15) is 27.2 Å². The Hall–Kier alpha value is -6.16. The molecule has 0 saturated heterocycles. The monoisotopic (exact) mass is 738 g/mol. The van der Waals surface area contributed by atoms with Gasteiger partial charge in [0.25, 0.3) is 0 Å². The first kappa shape index (κ1) is 34.6. The predicted octanol–water partition coefficient (Wildman–Crippen LogP) is 9.66. The first-order valence-corrected chi connectivity index (χ1v) is 18.4. The van der Waals surface area contributed by atoms with Gasteiger partial charge in [-0.05, 0) is 119 Å². The number of amides is 2. The van der Waals surface area contributed by atoms with Gasteiger partial charge in [0.2, 0.25) is 11.8 Å². The minimum atomic E-state index is -4.38. The first-order chi connectivity index (χ1) is 26.6. The molecule has 0 fully saturated rings. The summed E-state index contributed by atoms with van der Waals surface area (Å²) in [5.74, 6) is 0.161. The summed E-state index contributed by atoms with van der Waals surface area (Å²) < 4.78 is 53.3. The highest BCUT2D eigenvalue weighted by molar-refractivity contribution is 6.00. The van der Waals surface area contributed by atoms with Crippen molar-refractivity contribution in [3.63, 3.8) is 0 Å². The molecule has 4 aliphatic heterocycles. The number of benzene rings is 4. The van der Waals surface area contributed by atoms with E-state index in [2.05, 4.69) is 34.2 Å². The number of aromatic nitrogens is 2. The fourth-order valence-electron chi connectivity index (χ4n) is 8.32. The molecule has 55 heavy (non-hydrogen) atoms. The van der Waals surface area contributed by atoms with Crippen LogP contribution >= 0.6 is 0 Å². The van der Waals surface area contributed by atoms with E-state index in [1.165, 1.54) is 23.3 Å². The highest BCUT2D eigenvalue weighted by atomic mass is 19.4. The predicted molar refractivity (Wildman–Crippen MR) is 204 cm³/mol. The molecule has 0 atom stereocenters. The zero-order valence-corrected chi connectivity index (χ0v) is 29.7.